The van der Waals surface area contributed by atoms with Crippen LogP contribution in [0.1, 0.15) is 18.0 Å². The van der Waals surface area contributed by atoms with Crippen LogP contribution in [0.25, 0.3) is 0 Å². The number of carbonyl (C=O) groups is 2. The van der Waals surface area contributed by atoms with E-state index in [2.05, 4.69) is 15.5 Å². The third kappa shape index (κ3) is 2.92. The lowest BCUT2D eigenvalue weighted by Crippen LogP contribution is -2.30. The molecule has 2 aromatic rings. The van der Waals surface area contributed by atoms with Gasteiger partial charge in [0.1, 0.15) is 5.82 Å². The minimum absolute atomic E-state index is 0.000116. The van der Waals surface area contributed by atoms with Gasteiger partial charge in [-0.2, -0.15) is 5.10 Å². The fourth-order valence-electron chi connectivity index (χ4n) is 2.81. The third-order valence-electron chi connectivity index (χ3n) is 3.97. The monoisotopic (exact) mass is 336 g/mol. The molecule has 0 spiro atoms. The van der Waals surface area contributed by atoms with E-state index < -0.39 is 17.8 Å². The van der Waals surface area contributed by atoms with Gasteiger partial charge in [0.15, 0.2) is 0 Å². The molecule has 1 aromatic carbocycles. The highest BCUT2D eigenvalue weighted by Crippen LogP contribution is 2.38. The van der Waals surface area contributed by atoms with Crippen molar-refractivity contribution in [3.63, 3.8) is 0 Å². The van der Waals surface area contributed by atoms with Gasteiger partial charge in [0.05, 0.1) is 28.9 Å². The molecule has 3 rings (SSSR count). The highest BCUT2D eigenvalue weighted by atomic mass is 35.5. The van der Waals surface area contributed by atoms with Crippen molar-refractivity contribution in [3.8, 4) is 0 Å². The van der Waals surface area contributed by atoms with E-state index in [-0.39, 0.29) is 23.3 Å². The van der Waals surface area contributed by atoms with Crippen LogP contribution in [0.3, 0.4) is 0 Å². The molecule has 2 amide bonds. The van der Waals surface area contributed by atoms with Gasteiger partial charge in [0.25, 0.3) is 0 Å². The van der Waals surface area contributed by atoms with Gasteiger partial charge in [-0.25, -0.2) is 4.39 Å². The van der Waals surface area contributed by atoms with E-state index >= 15 is 0 Å². The van der Waals surface area contributed by atoms with Gasteiger partial charge in [-0.15, -0.1) is 0 Å². The normalized spacial score (nSPS) is 20.8. The molecule has 2 unspecified atom stereocenters. The molecule has 2 heterocycles. The second kappa shape index (κ2) is 6.00. The van der Waals surface area contributed by atoms with Crippen LogP contribution in [-0.2, 0) is 9.59 Å². The zero-order valence-electron chi connectivity index (χ0n) is 12.2. The number of aromatic nitrogens is 2. The number of carbonyl (C=O) groups excluding carboxylic acids is 2. The van der Waals surface area contributed by atoms with Crippen LogP contribution in [0.2, 0.25) is 5.02 Å². The lowest BCUT2D eigenvalue weighted by Gasteiger charge is -2.25. The van der Waals surface area contributed by atoms with Gasteiger partial charge >= 0.3 is 0 Å². The summed E-state index contributed by atoms with van der Waals surface area (Å²) in [5.41, 5.74) is 1.05. The average Bonchev–Trinajstić information content (AvgIpc) is 3.11. The maximum Gasteiger partial charge on any atom is 0.230 e. The van der Waals surface area contributed by atoms with Crippen molar-refractivity contribution >= 4 is 29.1 Å². The summed E-state index contributed by atoms with van der Waals surface area (Å²) in [6, 6.07) is 3.78. The Balaban J connectivity index is 1.89. The maximum absolute atomic E-state index is 13.7. The second-order valence-electron chi connectivity index (χ2n) is 5.41. The molecule has 2 atom stereocenters. The van der Waals surface area contributed by atoms with Crippen molar-refractivity contribution in [2.24, 2.45) is 5.92 Å². The fourth-order valence-corrected chi connectivity index (χ4v) is 2.93. The lowest BCUT2D eigenvalue weighted by molar-refractivity contribution is -0.127. The summed E-state index contributed by atoms with van der Waals surface area (Å²) < 4.78 is 13.7. The van der Waals surface area contributed by atoms with Gasteiger partial charge in [-0.3, -0.25) is 14.7 Å². The van der Waals surface area contributed by atoms with Crippen LogP contribution in [0.15, 0.2) is 30.6 Å². The SMILES string of the molecule is CN1C(=O)CC(C(=O)Nc2cn[nH]c2)C1c1ccc(Cl)c(F)c1. The van der Waals surface area contributed by atoms with Crippen LogP contribution >= 0.6 is 11.6 Å². The first kappa shape index (κ1) is 15.5. The van der Waals surface area contributed by atoms with E-state index in [1.54, 1.807) is 13.1 Å². The molecule has 6 nitrogen and oxygen atoms in total. The highest BCUT2D eigenvalue weighted by molar-refractivity contribution is 6.30. The Morgan fingerprint density at radius 2 is 2.30 bits per heavy atom. The van der Waals surface area contributed by atoms with Crippen LogP contribution in [0.5, 0.6) is 0 Å². The molecule has 0 saturated carbocycles. The number of H-pyrrole nitrogens is 1. The Morgan fingerprint density at radius 1 is 1.52 bits per heavy atom. The van der Waals surface area contributed by atoms with Crippen LogP contribution in [0.4, 0.5) is 10.1 Å². The Labute approximate surface area is 136 Å². The summed E-state index contributed by atoms with van der Waals surface area (Å²) >= 11 is 5.70. The number of nitrogens with one attached hydrogen (secondary N) is 2. The van der Waals surface area contributed by atoms with Crippen molar-refractivity contribution in [2.75, 3.05) is 12.4 Å². The topological polar surface area (TPSA) is 78.1 Å². The zero-order valence-corrected chi connectivity index (χ0v) is 13.0. The molecule has 0 radical (unpaired) electrons. The number of amides is 2. The van der Waals surface area contributed by atoms with Gasteiger partial charge in [-0.1, -0.05) is 17.7 Å². The predicted octanol–water partition coefficient (Wildman–Crippen LogP) is 2.36. The van der Waals surface area contributed by atoms with Crippen LogP contribution in [-0.4, -0.2) is 34.0 Å². The molecular formula is C15H14ClFN4O2. The minimum atomic E-state index is -0.622. The fraction of sp³-hybridized carbons (Fsp3) is 0.267. The Bertz CT molecular complexity index is 750. The van der Waals surface area contributed by atoms with Gasteiger partial charge in [0, 0.05) is 19.7 Å². The summed E-state index contributed by atoms with van der Waals surface area (Å²) in [5, 5.41) is 9.04. The number of aromatic amines is 1. The third-order valence-corrected chi connectivity index (χ3v) is 4.28. The van der Waals surface area contributed by atoms with Crippen LogP contribution < -0.4 is 5.32 Å². The molecule has 1 aliphatic heterocycles. The number of halogens is 2. The first-order valence-electron chi connectivity index (χ1n) is 6.97. The number of rotatable bonds is 3. The van der Waals surface area contributed by atoms with Gasteiger partial charge in [-0.05, 0) is 17.7 Å². The smallest absolute Gasteiger partial charge is 0.230 e. The zero-order chi connectivity index (χ0) is 16.6. The molecule has 120 valence electrons. The van der Waals surface area contributed by atoms with Gasteiger partial charge < -0.3 is 10.2 Å². The molecule has 1 saturated heterocycles. The molecule has 8 heteroatoms. The average molecular weight is 337 g/mol. The summed E-state index contributed by atoms with van der Waals surface area (Å²) in [6.07, 6.45) is 3.07. The van der Waals surface area contributed by atoms with Crippen LogP contribution in [0, 0.1) is 11.7 Å². The minimum Gasteiger partial charge on any atom is -0.338 e. The quantitative estimate of drug-likeness (QED) is 0.903. The molecule has 1 aromatic heterocycles. The predicted molar refractivity (Wildman–Crippen MR) is 82.2 cm³/mol. The number of nitrogens with zero attached hydrogens (tertiary/aromatic N) is 2. The van der Waals surface area contributed by atoms with Crippen molar-refractivity contribution in [3.05, 3.63) is 47.0 Å². The number of hydrogen-bond acceptors (Lipinski definition) is 3. The molecule has 0 bridgehead atoms. The van der Waals surface area contributed by atoms with E-state index in [0.29, 0.717) is 11.3 Å². The number of hydrogen-bond donors (Lipinski definition) is 2. The summed E-state index contributed by atoms with van der Waals surface area (Å²) in [6.45, 7) is 0. The van der Waals surface area contributed by atoms with E-state index in [4.69, 9.17) is 11.6 Å². The van der Waals surface area contributed by atoms with Crippen molar-refractivity contribution in [1.29, 1.82) is 0 Å². The summed E-state index contributed by atoms with van der Waals surface area (Å²) in [7, 11) is 1.60. The molecule has 1 fully saturated rings. The van der Waals surface area contributed by atoms with Crippen molar-refractivity contribution in [2.45, 2.75) is 12.5 Å². The number of likely N-dealkylation sites (tertiary alicyclic amines) is 1. The van der Waals surface area contributed by atoms with E-state index in [1.165, 1.54) is 29.4 Å². The molecular weight excluding hydrogens is 323 g/mol. The summed E-state index contributed by atoms with van der Waals surface area (Å²) in [5.74, 6) is -1.68. The van der Waals surface area contributed by atoms with Crippen molar-refractivity contribution in [1.82, 2.24) is 15.1 Å². The highest BCUT2D eigenvalue weighted by Gasteiger charge is 2.42. The largest absolute Gasteiger partial charge is 0.338 e. The second-order valence-corrected chi connectivity index (χ2v) is 5.82. The molecule has 0 aliphatic carbocycles. The lowest BCUT2D eigenvalue weighted by atomic mass is 9.93. The molecule has 2 N–H and O–H groups in total. The summed E-state index contributed by atoms with van der Waals surface area (Å²) in [4.78, 5) is 26.0. The van der Waals surface area contributed by atoms with E-state index in [0.717, 1.165) is 0 Å². The molecule has 1 aliphatic rings. The molecule has 23 heavy (non-hydrogen) atoms. The maximum atomic E-state index is 13.7. The first-order valence-corrected chi connectivity index (χ1v) is 7.35. The Kier molecular flexibility index (Phi) is 4.04. The Hall–Kier alpha value is -2.41. The van der Waals surface area contributed by atoms with E-state index in [1.807, 2.05) is 0 Å². The Morgan fingerprint density at radius 3 is 2.96 bits per heavy atom. The van der Waals surface area contributed by atoms with Crippen molar-refractivity contribution < 1.29 is 14.0 Å². The number of anilines is 1. The van der Waals surface area contributed by atoms with E-state index in [9.17, 15) is 14.0 Å². The first-order chi connectivity index (χ1) is 11.0. The van der Waals surface area contributed by atoms with Gasteiger partial charge in [0.2, 0.25) is 11.8 Å². The standard InChI is InChI=1S/C15H14ClFN4O2/c1-21-13(22)5-10(15(23)20-9-6-18-19-7-9)14(21)8-2-3-11(16)12(17)4-8/h2-4,6-7,10,14H,5H2,1H3,(H,18,19)(H,20,23). The number of benzene rings is 1.